The zero-order valence-electron chi connectivity index (χ0n) is 13.6. The topological polar surface area (TPSA) is 61.4 Å². The molecule has 1 aliphatic heterocycles. The van der Waals surface area contributed by atoms with E-state index in [0.29, 0.717) is 18.3 Å². The molecule has 1 aromatic rings. The van der Waals surface area contributed by atoms with Crippen LogP contribution in [0.5, 0.6) is 0 Å². The number of carbonyl (C=O) groups is 2. The fourth-order valence-electron chi connectivity index (χ4n) is 3.07. The molecule has 0 saturated carbocycles. The lowest BCUT2D eigenvalue weighted by Crippen LogP contribution is -2.43. The van der Waals surface area contributed by atoms with Gasteiger partial charge in [0.25, 0.3) is 0 Å². The van der Waals surface area contributed by atoms with Gasteiger partial charge >= 0.3 is 11.8 Å². The Balaban J connectivity index is 1.85. The Kier molecular flexibility index (Phi) is 5.55. The molecule has 2 rings (SSSR count). The summed E-state index contributed by atoms with van der Waals surface area (Å²) in [5.41, 5.74) is 2.77. The third kappa shape index (κ3) is 4.31. The highest BCUT2D eigenvalue weighted by atomic mass is 16.2. The normalized spacial score (nSPS) is 18.2. The first-order chi connectivity index (χ1) is 10.5. The summed E-state index contributed by atoms with van der Waals surface area (Å²) in [6, 6.07) is 6.08. The molecule has 1 fully saturated rings. The highest BCUT2D eigenvalue weighted by molar-refractivity contribution is 6.39. The molecule has 5 heteroatoms. The lowest BCUT2D eigenvalue weighted by Gasteiger charge is -2.22. The van der Waals surface area contributed by atoms with Crippen molar-refractivity contribution in [3.8, 4) is 0 Å². The number of carbonyl (C=O) groups excluding carboxylic acids is 2. The van der Waals surface area contributed by atoms with Crippen molar-refractivity contribution in [2.24, 2.45) is 0 Å². The molecular formula is C17H25N3O2. The van der Waals surface area contributed by atoms with Crippen LogP contribution in [0.3, 0.4) is 0 Å². The van der Waals surface area contributed by atoms with Crippen LogP contribution in [0.25, 0.3) is 0 Å². The number of likely N-dealkylation sites (N-methyl/N-ethyl adjacent to an activating group) is 1. The highest BCUT2D eigenvalue weighted by Gasteiger charge is 2.24. The van der Waals surface area contributed by atoms with Gasteiger partial charge in [0.15, 0.2) is 0 Å². The molecule has 0 unspecified atom stereocenters. The fraction of sp³-hybridized carbons (Fsp3) is 0.529. The van der Waals surface area contributed by atoms with E-state index in [2.05, 4.69) is 22.5 Å². The number of rotatable bonds is 4. The molecule has 22 heavy (non-hydrogen) atoms. The van der Waals surface area contributed by atoms with Crippen LogP contribution in [0.1, 0.15) is 30.9 Å². The zero-order valence-corrected chi connectivity index (χ0v) is 13.6. The lowest BCUT2D eigenvalue weighted by atomic mass is 10.1. The maximum Gasteiger partial charge on any atom is 0.313 e. The predicted molar refractivity (Wildman–Crippen MR) is 87.8 cm³/mol. The summed E-state index contributed by atoms with van der Waals surface area (Å²) in [6.45, 7) is 8.63. The molecule has 1 aliphatic rings. The summed E-state index contributed by atoms with van der Waals surface area (Å²) < 4.78 is 0. The van der Waals surface area contributed by atoms with Crippen molar-refractivity contribution in [2.75, 3.05) is 25.0 Å². The first-order valence-electron chi connectivity index (χ1n) is 7.91. The minimum atomic E-state index is -0.606. The number of amides is 2. The summed E-state index contributed by atoms with van der Waals surface area (Å²) in [5.74, 6) is -1.17. The third-order valence-corrected chi connectivity index (χ3v) is 4.09. The Morgan fingerprint density at radius 1 is 1.18 bits per heavy atom. The van der Waals surface area contributed by atoms with Gasteiger partial charge in [0.1, 0.15) is 0 Å². The maximum atomic E-state index is 12.0. The summed E-state index contributed by atoms with van der Waals surface area (Å²) in [6.07, 6.45) is 2.23. The molecule has 2 amide bonds. The van der Waals surface area contributed by atoms with Gasteiger partial charge in [-0.2, -0.15) is 0 Å². The molecule has 0 aromatic heterocycles. The summed E-state index contributed by atoms with van der Waals surface area (Å²) in [7, 11) is 0. The van der Waals surface area contributed by atoms with Crippen molar-refractivity contribution >= 4 is 17.5 Å². The first-order valence-corrected chi connectivity index (χ1v) is 7.91. The van der Waals surface area contributed by atoms with Crippen molar-refractivity contribution in [2.45, 2.75) is 39.7 Å². The molecule has 1 aromatic carbocycles. The van der Waals surface area contributed by atoms with E-state index in [1.54, 1.807) is 0 Å². The highest BCUT2D eigenvalue weighted by Crippen LogP contribution is 2.16. The maximum absolute atomic E-state index is 12.0. The Labute approximate surface area is 132 Å². The second kappa shape index (κ2) is 7.40. The number of nitrogens with one attached hydrogen (secondary N) is 2. The molecule has 5 nitrogen and oxygen atoms in total. The first kappa shape index (κ1) is 16.5. The SMILES string of the molecule is CCN1CCC[C@H]1CNC(=O)C(=O)Nc1cc(C)cc(C)c1. The smallest absolute Gasteiger partial charge is 0.313 e. The van der Waals surface area contributed by atoms with Crippen LogP contribution in [0.2, 0.25) is 0 Å². The number of nitrogens with zero attached hydrogens (tertiary/aromatic N) is 1. The van der Waals surface area contributed by atoms with Crippen molar-refractivity contribution in [3.05, 3.63) is 29.3 Å². The van der Waals surface area contributed by atoms with Gasteiger partial charge in [-0.25, -0.2) is 0 Å². The molecule has 0 spiro atoms. The number of aryl methyl sites for hydroxylation is 2. The average Bonchev–Trinajstić information content (AvgIpc) is 2.90. The summed E-state index contributed by atoms with van der Waals surface area (Å²) >= 11 is 0. The van der Waals surface area contributed by atoms with Crippen molar-refractivity contribution < 1.29 is 9.59 Å². The largest absolute Gasteiger partial charge is 0.346 e. The van der Waals surface area contributed by atoms with Crippen molar-refractivity contribution in [1.29, 1.82) is 0 Å². The van der Waals surface area contributed by atoms with Gasteiger partial charge in [-0.15, -0.1) is 0 Å². The van der Waals surface area contributed by atoms with Crippen LogP contribution in [0.15, 0.2) is 18.2 Å². The van der Waals surface area contributed by atoms with Crippen LogP contribution in [-0.2, 0) is 9.59 Å². The minimum absolute atomic E-state index is 0.350. The molecule has 1 atom stereocenters. The van der Waals surface area contributed by atoms with E-state index in [9.17, 15) is 9.59 Å². The van der Waals surface area contributed by atoms with E-state index < -0.39 is 11.8 Å². The predicted octanol–water partition coefficient (Wildman–Crippen LogP) is 1.84. The molecule has 0 bridgehead atoms. The quantitative estimate of drug-likeness (QED) is 0.834. The fourth-order valence-corrected chi connectivity index (χ4v) is 3.07. The average molecular weight is 303 g/mol. The van der Waals surface area contributed by atoms with Gasteiger partial charge in [-0.05, 0) is 63.0 Å². The van der Waals surface area contributed by atoms with E-state index in [0.717, 1.165) is 37.1 Å². The number of hydrogen-bond acceptors (Lipinski definition) is 3. The van der Waals surface area contributed by atoms with Crippen LogP contribution < -0.4 is 10.6 Å². The van der Waals surface area contributed by atoms with Gasteiger partial charge in [0.05, 0.1) is 0 Å². The molecule has 1 heterocycles. The number of benzene rings is 1. The molecule has 1 saturated heterocycles. The van der Waals surface area contributed by atoms with E-state index in [4.69, 9.17) is 0 Å². The van der Waals surface area contributed by atoms with Gasteiger partial charge in [-0.1, -0.05) is 13.0 Å². The van der Waals surface area contributed by atoms with Gasteiger partial charge in [0, 0.05) is 18.3 Å². The van der Waals surface area contributed by atoms with Crippen LogP contribution in [0, 0.1) is 13.8 Å². The molecule has 120 valence electrons. The van der Waals surface area contributed by atoms with Gasteiger partial charge in [-0.3, -0.25) is 14.5 Å². The lowest BCUT2D eigenvalue weighted by molar-refractivity contribution is -0.136. The van der Waals surface area contributed by atoms with Gasteiger partial charge < -0.3 is 10.6 Å². The molecular weight excluding hydrogens is 278 g/mol. The van der Waals surface area contributed by atoms with Gasteiger partial charge in [0.2, 0.25) is 0 Å². The summed E-state index contributed by atoms with van der Waals surface area (Å²) in [5, 5.41) is 5.40. The molecule has 2 N–H and O–H groups in total. The Bertz CT molecular complexity index is 537. The van der Waals surface area contributed by atoms with Crippen LogP contribution >= 0.6 is 0 Å². The number of likely N-dealkylation sites (tertiary alicyclic amines) is 1. The van der Waals surface area contributed by atoms with E-state index in [1.165, 1.54) is 0 Å². The van der Waals surface area contributed by atoms with Crippen molar-refractivity contribution in [1.82, 2.24) is 10.2 Å². The Hall–Kier alpha value is -1.88. The standard InChI is InChI=1S/C17H25N3O2/c1-4-20-7-5-6-15(20)11-18-16(21)17(22)19-14-9-12(2)8-13(3)10-14/h8-10,15H,4-7,11H2,1-3H3,(H,18,21)(H,19,22)/t15-/m0/s1. The second-order valence-electron chi connectivity index (χ2n) is 5.97. The third-order valence-electron chi connectivity index (χ3n) is 4.09. The zero-order chi connectivity index (χ0) is 16.1. The monoisotopic (exact) mass is 303 g/mol. The summed E-state index contributed by atoms with van der Waals surface area (Å²) in [4.78, 5) is 26.2. The number of anilines is 1. The number of hydrogen-bond donors (Lipinski definition) is 2. The van der Waals surface area contributed by atoms with Crippen LogP contribution in [-0.4, -0.2) is 42.4 Å². The molecule has 0 radical (unpaired) electrons. The minimum Gasteiger partial charge on any atom is -0.346 e. The Morgan fingerprint density at radius 2 is 1.86 bits per heavy atom. The second-order valence-corrected chi connectivity index (χ2v) is 5.97. The van der Waals surface area contributed by atoms with E-state index in [1.807, 2.05) is 32.0 Å². The molecule has 0 aliphatic carbocycles. The van der Waals surface area contributed by atoms with Crippen molar-refractivity contribution in [3.63, 3.8) is 0 Å². The Morgan fingerprint density at radius 3 is 2.50 bits per heavy atom. The van der Waals surface area contributed by atoms with Crippen LogP contribution in [0.4, 0.5) is 5.69 Å². The van der Waals surface area contributed by atoms with E-state index >= 15 is 0 Å². The van der Waals surface area contributed by atoms with E-state index in [-0.39, 0.29) is 0 Å².